The van der Waals surface area contributed by atoms with Gasteiger partial charge in [0.1, 0.15) is 5.75 Å². The van der Waals surface area contributed by atoms with Crippen molar-refractivity contribution in [2.75, 3.05) is 12.8 Å². The molecule has 0 spiro atoms. The summed E-state index contributed by atoms with van der Waals surface area (Å²) in [5.74, 6) is 2.67. The van der Waals surface area contributed by atoms with Crippen LogP contribution < -0.4 is 9.50 Å². The lowest BCUT2D eigenvalue weighted by molar-refractivity contribution is -0.0158. The van der Waals surface area contributed by atoms with Crippen LogP contribution in [-0.4, -0.2) is 37.7 Å². The first-order chi connectivity index (χ1) is 14.2. The molecule has 4 fully saturated rings. The highest BCUT2D eigenvalue weighted by atomic mass is 32.2. The molecular formula is C23H34N2O4S. The van der Waals surface area contributed by atoms with E-state index < -0.39 is 10.1 Å². The fourth-order valence-corrected chi connectivity index (χ4v) is 6.68. The largest absolute Gasteiger partial charge is 0.383 e. The van der Waals surface area contributed by atoms with Crippen molar-refractivity contribution in [1.29, 1.82) is 0 Å². The zero-order valence-corrected chi connectivity index (χ0v) is 18.9. The average molecular weight is 435 g/mol. The molecule has 2 amide bonds. The van der Waals surface area contributed by atoms with E-state index in [1.165, 1.54) is 19.3 Å². The Labute approximate surface area is 180 Å². The molecule has 166 valence electrons. The van der Waals surface area contributed by atoms with Gasteiger partial charge in [-0.1, -0.05) is 25.5 Å². The lowest BCUT2D eigenvalue weighted by Gasteiger charge is -2.57. The van der Waals surface area contributed by atoms with Gasteiger partial charge in [0, 0.05) is 18.6 Å². The van der Waals surface area contributed by atoms with E-state index in [2.05, 4.69) is 12.2 Å². The monoisotopic (exact) mass is 434 g/mol. The van der Waals surface area contributed by atoms with Gasteiger partial charge in [-0.2, -0.15) is 8.42 Å². The SMILES string of the molecule is CCCCN(Cc1ccc(OS(C)(=O)=O)cc1)C(=O)NC12CC3CC(CC(C3)C1)C2. The number of nitrogens with zero attached hydrogens (tertiary/aromatic N) is 1. The van der Waals surface area contributed by atoms with E-state index >= 15 is 0 Å². The number of carbonyl (C=O) groups excluding carboxylic acids is 1. The minimum absolute atomic E-state index is 0.00345. The van der Waals surface area contributed by atoms with Crippen LogP contribution in [0.3, 0.4) is 0 Å². The van der Waals surface area contributed by atoms with Crippen molar-refractivity contribution in [1.82, 2.24) is 10.2 Å². The molecule has 1 aromatic rings. The zero-order chi connectivity index (χ0) is 21.4. The highest BCUT2D eigenvalue weighted by molar-refractivity contribution is 7.86. The molecule has 0 saturated heterocycles. The molecule has 4 aliphatic rings. The lowest BCUT2D eigenvalue weighted by atomic mass is 9.53. The fraction of sp³-hybridized carbons (Fsp3) is 0.696. The third-order valence-corrected chi connectivity index (χ3v) is 7.52. The first kappa shape index (κ1) is 21.5. The second-order valence-electron chi connectivity index (χ2n) is 9.83. The molecule has 0 heterocycles. The van der Waals surface area contributed by atoms with Crippen molar-refractivity contribution in [3.8, 4) is 5.75 Å². The van der Waals surface area contributed by atoms with E-state index in [9.17, 15) is 13.2 Å². The third kappa shape index (κ3) is 5.10. The molecule has 30 heavy (non-hydrogen) atoms. The molecule has 6 nitrogen and oxygen atoms in total. The Morgan fingerprint density at radius 2 is 1.67 bits per heavy atom. The summed E-state index contributed by atoms with van der Waals surface area (Å²) in [7, 11) is -3.54. The Kier molecular flexibility index (Phi) is 6.02. The van der Waals surface area contributed by atoms with E-state index in [-0.39, 0.29) is 11.6 Å². The van der Waals surface area contributed by atoms with Gasteiger partial charge in [-0.15, -0.1) is 0 Å². The summed E-state index contributed by atoms with van der Waals surface area (Å²) in [6.45, 7) is 3.36. The molecule has 0 atom stereocenters. The van der Waals surface area contributed by atoms with E-state index in [1.807, 2.05) is 17.0 Å². The maximum absolute atomic E-state index is 13.3. The minimum atomic E-state index is -3.54. The van der Waals surface area contributed by atoms with Crippen LogP contribution in [0.25, 0.3) is 0 Å². The molecule has 5 rings (SSSR count). The number of unbranched alkanes of at least 4 members (excludes halogenated alkanes) is 1. The Morgan fingerprint density at radius 1 is 1.10 bits per heavy atom. The molecule has 7 heteroatoms. The highest BCUT2D eigenvalue weighted by Crippen LogP contribution is 2.55. The summed E-state index contributed by atoms with van der Waals surface area (Å²) in [5.41, 5.74) is 0.969. The van der Waals surface area contributed by atoms with E-state index in [1.54, 1.807) is 12.1 Å². The maximum Gasteiger partial charge on any atom is 0.318 e. The molecule has 1 N–H and O–H groups in total. The molecular weight excluding hydrogens is 400 g/mol. The number of carbonyl (C=O) groups is 1. The van der Waals surface area contributed by atoms with Crippen molar-refractivity contribution in [3.05, 3.63) is 29.8 Å². The normalized spacial score (nSPS) is 29.6. The number of nitrogens with one attached hydrogen (secondary N) is 1. The number of amides is 2. The molecule has 0 aliphatic heterocycles. The van der Waals surface area contributed by atoms with Gasteiger partial charge in [-0.05, 0) is 80.4 Å². The van der Waals surface area contributed by atoms with E-state index in [0.717, 1.165) is 68.2 Å². The fourth-order valence-electron chi connectivity index (χ4n) is 6.22. The summed E-state index contributed by atoms with van der Waals surface area (Å²) in [6, 6.07) is 6.99. The standard InChI is InChI=1S/C23H34N2O4S/c1-3-4-9-25(16-17-5-7-21(8-6-17)29-30(2,27)28)22(26)24-23-13-18-10-19(14-23)12-20(11-18)15-23/h5-8,18-20H,3-4,9-16H2,1-2H3,(H,24,26). The molecule has 0 aromatic heterocycles. The van der Waals surface area contributed by atoms with Gasteiger partial charge in [0.2, 0.25) is 0 Å². The van der Waals surface area contributed by atoms with Gasteiger partial charge in [0.25, 0.3) is 0 Å². The smallest absolute Gasteiger partial charge is 0.318 e. The van der Waals surface area contributed by atoms with Crippen molar-refractivity contribution >= 4 is 16.1 Å². The van der Waals surface area contributed by atoms with Gasteiger partial charge in [0.05, 0.1) is 6.26 Å². The number of hydrogen-bond acceptors (Lipinski definition) is 4. The van der Waals surface area contributed by atoms with Gasteiger partial charge in [-0.25, -0.2) is 4.79 Å². The summed E-state index contributed by atoms with van der Waals surface area (Å²) >= 11 is 0. The summed E-state index contributed by atoms with van der Waals surface area (Å²) in [5, 5.41) is 3.48. The Morgan fingerprint density at radius 3 is 2.17 bits per heavy atom. The Bertz CT molecular complexity index is 830. The maximum atomic E-state index is 13.3. The zero-order valence-electron chi connectivity index (χ0n) is 18.1. The van der Waals surface area contributed by atoms with Crippen LogP contribution in [0.4, 0.5) is 4.79 Å². The van der Waals surface area contributed by atoms with E-state index in [0.29, 0.717) is 12.3 Å². The quantitative estimate of drug-likeness (QED) is 0.619. The Balaban J connectivity index is 1.42. The van der Waals surface area contributed by atoms with Gasteiger partial charge in [-0.3, -0.25) is 0 Å². The molecule has 0 unspecified atom stereocenters. The van der Waals surface area contributed by atoms with E-state index in [4.69, 9.17) is 4.18 Å². The molecule has 4 bridgehead atoms. The minimum Gasteiger partial charge on any atom is -0.383 e. The summed E-state index contributed by atoms with van der Waals surface area (Å²) in [4.78, 5) is 15.2. The van der Waals surface area contributed by atoms with Crippen molar-refractivity contribution < 1.29 is 17.4 Å². The van der Waals surface area contributed by atoms with Gasteiger partial charge < -0.3 is 14.4 Å². The van der Waals surface area contributed by atoms with Crippen LogP contribution in [0, 0.1) is 17.8 Å². The van der Waals surface area contributed by atoms with Crippen molar-refractivity contribution in [3.63, 3.8) is 0 Å². The number of benzene rings is 1. The lowest BCUT2D eigenvalue weighted by Crippen LogP contribution is -2.61. The van der Waals surface area contributed by atoms with Gasteiger partial charge >= 0.3 is 16.1 Å². The summed E-state index contributed by atoms with van der Waals surface area (Å²) < 4.78 is 27.5. The predicted octanol–water partition coefficient (Wildman–Crippen LogP) is 4.31. The topological polar surface area (TPSA) is 75.7 Å². The first-order valence-corrected chi connectivity index (χ1v) is 13.1. The van der Waals surface area contributed by atoms with Crippen molar-refractivity contribution in [2.45, 2.75) is 70.4 Å². The molecule has 4 aliphatic carbocycles. The molecule has 1 aromatic carbocycles. The summed E-state index contributed by atoms with van der Waals surface area (Å²) in [6.07, 6.45) is 10.5. The number of rotatable bonds is 8. The van der Waals surface area contributed by atoms with Crippen LogP contribution in [-0.2, 0) is 16.7 Å². The number of hydrogen-bond donors (Lipinski definition) is 1. The number of urea groups is 1. The third-order valence-electron chi connectivity index (χ3n) is 7.02. The van der Waals surface area contributed by atoms with Gasteiger partial charge in [0.15, 0.2) is 0 Å². The van der Waals surface area contributed by atoms with Crippen LogP contribution >= 0.6 is 0 Å². The second-order valence-corrected chi connectivity index (χ2v) is 11.4. The molecule has 0 radical (unpaired) electrons. The van der Waals surface area contributed by atoms with Crippen molar-refractivity contribution in [2.24, 2.45) is 17.8 Å². The highest BCUT2D eigenvalue weighted by Gasteiger charge is 2.51. The van der Waals surface area contributed by atoms with Crippen LogP contribution in [0.1, 0.15) is 63.9 Å². The average Bonchev–Trinajstić information content (AvgIpc) is 2.63. The van der Waals surface area contributed by atoms with Crippen LogP contribution in [0.15, 0.2) is 24.3 Å². The van der Waals surface area contributed by atoms with Crippen LogP contribution in [0.2, 0.25) is 0 Å². The van der Waals surface area contributed by atoms with Crippen LogP contribution in [0.5, 0.6) is 5.75 Å². The predicted molar refractivity (Wildman–Crippen MR) is 117 cm³/mol. The second kappa shape index (κ2) is 8.40. The first-order valence-electron chi connectivity index (χ1n) is 11.3. The molecule has 4 saturated carbocycles. The Hall–Kier alpha value is -1.76.